The summed E-state index contributed by atoms with van der Waals surface area (Å²) in [5.41, 5.74) is 1.28. The van der Waals surface area contributed by atoms with Gasteiger partial charge in [0.25, 0.3) is 0 Å². The number of anilines is 1. The summed E-state index contributed by atoms with van der Waals surface area (Å²) in [5, 5.41) is 9.74. The van der Waals surface area contributed by atoms with Crippen LogP contribution in [-0.4, -0.2) is 50.3 Å². The van der Waals surface area contributed by atoms with E-state index < -0.39 is 16.1 Å². The van der Waals surface area contributed by atoms with E-state index in [9.17, 15) is 17.9 Å². The highest BCUT2D eigenvalue weighted by Crippen LogP contribution is 2.28. The van der Waals surface area contributed by atoms with E-state index in [2.05, 4.69) is 0 Å². The number of halogens is 1. The molecule has 1 atom stereocenters. The maximum absolute atomic E-state index is 13.3. The molecule has 1 aromatic rings. The summed E-state index contributed by atoms with van der Waals surface area (Å²) in [6.45, 7) is 3.44. The molecule has 5 nitrogen and oxygen atoms in total. The van der Waals surface area contributed by atoms with Gasteiger partial charge in [0, 0.05) is 37.4 Å². The van der Waals surface area contributed by atoms with E-state index in [1.54, 1.807) is 13.0 Å². The Labute approximate surface area is 118 Å². The molecule has 0 aliphatic carbocycles. The lowest BCUT2D eigenvalue weighted by atomic mass is 10.1. The number of aliphatic hydroxyl groups excluding tert-OH is 1. The van der Waals surface area contributed by atoms with Crippen molar-refractivity contribution in [1.82, 2.24) is 4.31 Å². The fourth-order valence-electron chi connectivity index (χ4n) is 2.41. The SMILES string of the molecule is C[C@H](O)c1cc(F)ccc1N1CCN(S(C)(=O)=O)CC1. The molecule has 0 aromatic heterocycles. The molecule has 0 radical (unpaired) electrons. The molecular weight excluding hydrogens is 283 g/mol. The monoisotopic (exact) mass is 302 g/mol. The van der Waals surface area contributed by atoms with Gasteiger partial charge >= 0.3 is 0 Å². The number of aliphatic hydroxyl groups is 1. The molecule has 2 rings (SSSR count). The van der Waals surface area contributed by atoms with E-state index in [1.807, 2.05) is 4.90 Å². The maximum Gasteiger partial charge on any atom is 0.211 e. The molecule has 0 spiro atoms. The third kappa shape index (κ3) is 3.28. The van der Waals surface area contributed by atoms with Crippen molar-refractivity contribution in [2.24, 2.45) is 0 Å². The van der Waals surface area contributed by atoms with Crippen LogP contribution in [0.4, 0.5) is 10.1 Å². The number of hydrogen-bond donors (Lipinski definition) is 1. The van der Waals surface area contributed by atoms with Crippen molar-refractivity contribution in [1.29, 1.82) is 0 Å². The summed E-state index contributed by atoms with van der Waals surface area (Å²) in [6, 6.07) is 4.31. The topological polar surface area (TPSA) is 60.9 Å². The second-order valence-corrected chi connectivity index (χ2v) is 7.01. The lowest BCUT2D eigenvalue weighted by Crippen LogP contribution is -2.48. The van der Waals surface area contributed by atoms with E-state index in [4.69, 9.17) is 0 Å². The summed E-state index contributed by atoms with van der Waals surface area (Å²) in [6.07, 6.45) is 0.426. The Morgan fingerprint density at radius 1 is 1.25 bits per heavy atom. The molecule has 1 saturated heterocycles. The Morgan fingerprint density at radius 3 is 2.35 bits per heavy atom. The standard InChI is InChI=1S/C13H19FN2O3S/c1-10(17)12-9-11(14)3-4-13(12)15-5-7-16(8-6-15)20(2,18)19/h3-4,9-10,17H,5-8H2,1-2H3/t10-/m0/s1. The number of benzene rings is 1. The molecule has 0 unspecified atom stereocenters. The first-order valence-electron chi connectivity index (χ1n) is 6.46. The second-order valence-electron chi connectivity index (χ2n) is 5.03. The van der Waals surface area contributed by atoms with Gasteiger partial charge in [0.1, 0.15) is 5.82 Å². The summed E-state index contributed by atoms with van der Waals surface area (Å²) >= 11 is 0. The van der Waals surface area contributed by atoms with E-state index in [0.29, 0.717) is 31.7 Å². The van der Waals surface area contributed by atoms with Crippen molar-refractivity contribution in [3.63, 3.8) is 0 Å². The molecule has 1 heterocycles. The van der Waals surface area contributed by atoms with Gasteiger partial charge in [-0.2, -0.15) is 4.31 Å². The Kier molecular flexibility index (Phi) is 4.31. The molecule has 1 aliphatic rings. The zero-order valence-corrected chi connectivity index (χ0v) is 12.4. The highest BCUT2D eigenvalue weighted by Gasteiger charge is 2.25. The summed E-state index contributed by atoms with van der Waals surface area (Å²) in [7, 11) is -3.17. The van der Waals surface area contributed by atoms with Crippen molar-refractivity contribution < 1.29 is 17.9 Å². The second kappa shape index (κ2) is 5.67. The summed E-state index contributed by atoms with van der Waals surface area (Å²) in [4.78, 5) is 1.98. The van der Waals surface area contributed by atoms with Gasteiger partial charge < -0.3 is 10.0 Å². The van der Waals surface area contributed by atoms with Crippen molar-refractivity contribution in [2.75, 3.05) is 37.3 Å². The molecule has 1 aliphatic heterocycles. The first-order valence-corrected chi connectivity index (χ1v) is 8.31. The lowest BCUT2D eigenvalue weighted by molar-refractivity contribution is 0.199. The number of hydrogen-bond acceptors (Lipinski definition) is 4. The van der Waals surface area contributed by atoms with Gasteiger partial charge in [-0.25, -0.2) is 12.8 Å². The van der Waals surface area contributed by atoms with Gasteiger partial charge in [0.15, 0.2) is 0 Å². The zero-order valence-electron chi connectivity index (χ0n) is 11.6. The molecule has 112 valence electrons. The predicted octanol–water partition coefficient (Wildman–Crippen LogP) is 0.961. The van der Waals surface area contributed by atoms with E-state index >= 15 is 0 Å². The third-order valence-corrected chi connectivity index (χ3v) is 4.79. The van der Waals surface area contributed by atoms with Crippen LogP contribution in [0.1, 0.15) is 18.6 Å². The summed E-state index contributed by atoms with van der Waals surface area (Å²) < 4.78 is 37.6. The minimum atomic E-state index is -3.17. The van der Waals surface area contributed by atoms with Crippen LogP contribution in [0.3, 0.4) is 0 Å². The van der Waals surface area contributed by atoms with E-state index in [1.165, 1.54) is 22.7 Å². The fraction of sp³-hybridized carbons (Fsp3) is 0.538. The number of nitrogens with zero attached hydrogens (tertiary/aromatic N) is 2. The Morgan fingerprint density at radius 2 is 1.85 bits per heavy atom. The lowest BCUT2D eigenvalue weighted by Gasteiger charge is -2.36. The Bertz CT molecular complexity index is 581. The summed E-state index contributed by atoms with van der Waals surface area (Å²) in [5.74, 6) is -0.389. The predicted molar refractivity (Wildman–Crippen MR) is 75.7 cm³/mol. The van der Waals surface area contributed by atoms with Gasteiger partial charge in [0.05, 0.1) is 12.4 Å². The molecular formula is C13H19FN2O3S. The van der Waals surface area contributed by atoms with Gasteiger partial charge in [-0.1, -0.05) is 0 Å². The zero-order chi connectivity index (χ0) is 14.9. The van der Waals surface area contributed by atoms with Crippen LogP contribution in [-0.2, 0) is 10.0 Å². The van der Waals surface area contributed by atoms with Crippen LogP contribution in [0.2, 0.25) is 0 Å². The van der Waals surface area contributed by atoms with Gasteiger partial charge in [0.2, 0.25) is 10.0 Å². The molecule has 20 heavy (non-hydrogen) atoms. The molecule has 1 N–H and O–H groups in total. The van der Waals surface area contributed by atoms with Crippen LogP contribution in [0.25, 0.3) is 0 Å². The average Bonchev–Trinajstić information content (AvgIpc) is 2.37. The quantitative estimate of drug-likeness (QED) is 0.903. The van der Waals surface area contributed by atoms with Crippen LogP contribution in [0, 0.1) is 5.82 Å². The van der Waals surface area contributed by atoms with Crippen molar-refractivity contribution in [2.45, 2.75) is 13.0 Å². The van der Waals surface area contributed by atoms with Crippen molar-refractivity contribution in [3.8, 4) is 0 Å². The number of rotatable bonds is 3. The highest BCUT2D eigenvalue weighted by atomic mass is 32.2. The smallest absolute Gasteiger partial charge is 0.211 e. The molecule has 0 saturated carbocycles. The first-order chi connectivity index (χ1) is 9.29. The van der Waals surface area contributed by atoms with Crippen LogP contribution in [0.5, 0.6) is 0 Å². The number of piperazine rings is 1. The minimum absolute atomic E-state index is 0.389. The normalized spacial score (nSPS) is 19.1. The molecule has 1 aromatic carbocycles. The maximum atomic E-state index is 13.3. The van der Waals surface area contributed by atoms with E-state index in [0.717, 1.165) is 5.69 Å². The fourth-order valence-corrected chi connectivity index (χ4v) is 3.24. The van der Waals surface area contributed by atoms with Crippen LogP contribution in [0.15, 0.2) is 18.2 Å². The Hall–Kier alpha value is -1.18. The number of sulfonamides is 1. The third-order valence-electron chi connectivity index (χ3n) is 3.49. The molecule has 7 heteroatoms. The van der Waals surface area contributed by atoms with Crippen LogP contribution < -0.4 is 4.90 Å². The largest absolute Gasteiger partial charge is 0.389 e. The first kappa shape index (κ1) is 15.2. The Balaban J connectivity index is 2.19. The van der Waals surface area contributed by atoms with Gasteiger partial charge in [-0.3, -0.25) is 0 Å². The average molecular weight is 302 g/mol. The van der Waals surface area contributed by atoms with Crippen molar-refractivity contribution in [3.05, 3.63) is 29.6 Å². The van der Waals surface area contributed by atoms with Gasteiger partial charge in [-0.05, 0) is 25.1 Å². The van der Waals surface area contributed by atoms with Crippen molar-refractivity contribution >= 4 is 15.7 Å². The molecule has 1 fully saturated rings. The van der Waals surface area contributed by atoms with Gasteiger partial charge in [-0.15, -0.1) is 0 Å². The minimum Gasteiger partial charge on any atom is -0.389 e. The highest BCUT2D eigenvalue weighted by molar-refractivity contribution is 7.88. The van der Waals surface area contributed by atoms with Crippen LogP contribution >= 0.6 is 0 Å². The molecule has 0 bridgehead atoms. The van der Waals surface area contributed by atoms with E-state index in [-0.39, 0.29) is 5.82 Å². The molecule has 0 amide bonds.